The van der Waals surface area contributed by atoms with Gasteiger partial charge in [0.05, 0.1) is 23.1 Å². The summed E-state index contributed by atoms with van der Waals surface area (Å²) >= 11 is 0. The average Bonchev–Trinajstić information content (AvgIpc) is 2.71. The third kappa shape index (κ3) is 5.97. The van der Waals surface area contributed by atoms with E-state index >= 15 is 0 Å². The van der Waals surface area contributed by atoms with Crippen LogP contribution in [0.3, 0.4) is 0 Å². The number of nitrogens with zero attached hydrogens (tertiary/aromatic N) is 1. The minimum Gasteiger partial charge on any atom is -0.492 e. The van der Waals surface area contributed by atoms with Crippen LogP contribution in [0.15, 0.2) is 48.5 Å². The number of fused-ring (bicyclic) bond motifs is 1. The van der Waals surface area contributed by atoms with Gasteiger partial charge in [0.25, 0.3) is 0 Å². The number of ether oxygens (including phenoxy) is 3. The molecule has 0 spiro atoms. The van der Waals surface area contributed by atoms with Gasteiger partial charge in [-0.1, -0.05) is 12.1 Å². The van der Waals surface area contributed by atoms with Gasteiger partial charge in [-0.25, -0.2) is 4.79 Å². The van der Waals surface area contributed by atoms with Crippen LogP contribution < -0.4 is 25.8 Å². The molecule has 2 aromatic rings. The topological polar surface area (TPSA) is 98.1 Å². The van der Waals surface area contributed by atoms with Crippen LogP contribution >= 0.6 is 0 Å². The lowest BCUT2D eigenvalue weighted by molar-refractivity contribution is -0.137. The van der Waals surface area contributed by atoms with Gasteiger partial charge in [0, 0.05) is 12.1 Å². The fourth-order valence-corrected chi connectivity index (χ4v) is 2.80. The highest BCUT2D eigenvalue weighted by Crippen LogP contribution is 2.38. The van der Waals surface area contributed by atoms with Crippen molar-refractivity contribution in [2.75, 3.05) is 37.9 Å². The second kappa shape index (κ2) is 9.69. The molecule has 8 nitrogen and oxygen atoms in total. The first kappa shape index (κ1) is 23.1. The molecule has 3 rings (SSSR count). The SMILES string of the molecule is CN(C)CCOc1cc(C(F)(F)F)ccc1COC1=CNc2cccc(NC(N)=O)c2O1. The van der Waals surface area contributed by atoms with E-state index in [1.54, 1.807) is 18.2 Å². The number of carbonyl (C=O) groups excluding carboxylic acids is 1. The second-order valence-corrected chi connectivity index (χ2v) is 7.14. The molecule has 2 amide bonds. The van der Waals surface area contributed by atoms with Crippen LogP contribution in [0.2, 0.25) is 0 Å². The Morgan fingerprint density at radius 2 is 2.00 bits per heavy atom. The van der Waals surface area contributed by atoms with Crippen molar-refractivity contribution in [2.45, 2.75) is 12.8 Å². The Kier molecular flexibility index (Phi) is 6.98. The lowest BCUT2D eigenvalue weighted by Crippen LogP contribution is -2.21. The Morgan fingerprint density at radius 1 is 1.22 bits per heavy atom. The van der Waals surface area contributed by atoms with Gasteiger partial charge in [-0.15, -0.1) is 0 Å². The summed E-state index contributed by atoms with van der Waals surface area (Å²) in [5.41, 5.74) is 5.68. The molecule has 0 atom stereocenters. The van der Waals surface area contributed by atoms with Crippen LogP contribution in [0.1, 0.15) is 11.1 Å². The molecule has 0 unspecified atom stereocenters. The van der Waals surface area contributed by atoms with Crippen molar-refractivity contribution in [2.24, 2.45) is 5.73 Å². The number of alkyl halides is 3. The van der Waals surface area contributed by atoms with Gasteiger partial charge < -0.3 is 35.5 Å². The summed E-state index contributed by atoms with van der Waals surface area (Å²) in [5.74, 6) is 0.413. The van der Waals surface area contributed by atoms with Crippen LogP contribution in [0.25, 0.3) is 0 Å². The average molecular weight is 452 g/mol. The molecule has 1 heterocycles. The summed E-state index contributed by atoms with van der Waals surface area (Å²) in [5, 5.41) is 5.41. The monoisotopic (exact) mass is 452 g/mol. The molecule has 0 bridgehead atoms. The number of hydrogen-bond donors (Lipinski definition) is 3. The highest BCUT2D eigenvalue weighted by atomic mass is 19.4. The van der Waals surface area contributed by atoms with E-state index < -0.39 is 17.8 Å². The fourth-order valence-electron chi connectivity index (χ4n) is 2.80. The molecule has 0 fully saturated rings. The van der Waals surface area contributed by atoms with E-state index in [9.17, 15) is 18.0 Å². The van der Waals surface area contributed by atoms with Gasteiger partial charge in [-0.2, -0.15) is 13.2 Å². The number of likely N-dealkylation sites (N-methyl/N-ethyl adjacent to an activating group) is 1. The molecule has 0 radical (unpaired) electrons. The summed E-state index contributed by atoms with van der Waals surface area (Å²) in [6.45, 7) is 0.627. The molecule has 32 heavy (non-hydrogen) atoms. The summed E-state index contributed by atoms with van der Waals surface area (Å²) in [6.07, 6.45) is -3.04. The summed E-state index contributed by atoms with van der Waals surface area (Å²) in [7, 11) is 3.66. The molecule has 0 saturated heterocycles. The van der Waals surface area contributed by atoms with Crippen LogP contribution in [0.5, 0.6) is 11.5 Å². The zero-order chi connectivity index (χ0) is 23.3. The number of benzene rings is 2. The van der Waals surface area contributed by atoms with Crippen LogP contribution in [-0.4, -0.2) is 38.2 Å². The summed E-state index contributed by atoms with van der Waals surface area (Å²) in [6, 6.07) is 7.48. The maximum atomic E-state index is 13.1. The summed E-state index contributed by atoms with van der Waals surface area (Å²) < 4.78 is 56.3. The number of nitrogens with two attached hydrogens (primary N) is 1. The van der Waals surface area contributed by atoms with Crippen molar-refractivity contribution in [1.29, 1.82) is 0 Å². The van der Waals surface area contributed by atoms with Crippen LogP contribution in [0, 0.1) is 0 Å². The number of nitrogens with one attached hydrogen (secondary N) is 2. The van der Waals surface area contributed by atoms with Crippen molar-refractivity contribution in [3.05, 3.63) is 59.7 Å². The van der Waals surface area contributed by atoms with Crippen LogP contribution in [0.4, 0.5) is 29.3 Å². The van der Waals surface area contributed by atoms with Crippen molar-refractivity contribution < 1.29 is 32.2 Å². The first-order valence-electron chi connectivity index (χ1n) is 9.58. The number of anilines is 2. The molecule has 0 saturated carbocycles. The molecular weight excluding hydrogens is 429 g/mol. The molecule has 0 aliphatic carbocycles. The Labute approximate surface area is 182 Å². The lowest BCUT2D eigenvalue weighted by atomic mass is 10.1. The third-order valence-electron chi connectivity index (χ3n) is 4.38. The maximum absolute atomic E-state index is 13.1. The van der Waals surface area contributed by atoms with Gasteiger partial charge in [-0.3, -0.25) is 0 Å². The predicted molar refractivity (Wildman–Crippen MR) is 112 cm³/mol. The Bertz CT molecular complexity index is 1010. The highest BCUT2D eigenvalue weighted by molar-refractivity contribution is 5.91. The molecule has 11 heteroatoms. The number of primary amides is 1. The molecule has 1 aliphatic heterocycles. The van der Waals surface area contributed by atoms with Gasteiger partial charge in [0.2, 0.25) is 0 Å². The van der Waals surface area contributed by atoms with E-state index in [2.05, 4.69) is 10.6 Å². The quantitative estimate of drug-likeness (QED) is 0.561. The van der Waals surface area contributed by atoms with E-state index in [4.69, 9.17) is 19.9 Å². The third-order valence-corrected chi connectivity index (χ3v) is 4.38. The standard InChI is InChI=1S/C21H23F3N4O4/c1-28(2)8-9-30-17-10-14(21(22,23)24)7-6-13(17)12-31-18-11-26-15-4-3-5-16(19(15)32-18)27-20(25)29/h3-7,10-11,26H,8-9,12H2,1-2H3,(H3,25,27,29). The number of para-hydroxylation sites is 1. The Hall–Kier alpha value is -3.60. The molecule has 0 aromatic heterocycles. The zero-order valence-corrected chi connectivity index (χ0v) is 17.5. The Balaban J connectivity index is 1.74. The number of hydrogen-bond acceptors (Lipinski definition) is 6. The van der Waals surface area contributed by atoms with Crippen molar-refractivity contribution >= 4 is 17.4 Å². The maximum Gasteiger partial charge on any atom is 0.416 e. The second-order valence-electron chi connectivity index (χ2n) is 7.14. The number of halogens is 3. The van der Waals surface area contributed by atoms with Crippen molar-refractivity contribution in [3.8, 4) is 11.5 Å². The normalized spacial score (nSPS) is 12.9. The molecule has 2 aromatic carbocycles. The summed E-state index contributed by atoms with van der Waals surface area (Å²) in [4.78, 5) is 13.1. The van der Waals surface area contributed by atoms with E-state index in [1.807, 2.05) is 19.0 Å². The van der Waals surface area contributed by atoms with Gasteiger partial charge in [0.1, 0.15) is 19.0 Å². The first-order chi connectivity index (χ1) is 15.1. The first-order valence-corrected chi connectivity index (χ1v) is 9.58. The van der Waals surface area contributed by atoms with Gasteiger partial charge in [0.15, 0.2) is 5.75 Å². The van der Waals surface area contributed by atoms with Crippen LogP contribution in [-0.2, 0) is 17.5 Å². The molecular formula is C21H23F3N4O4. The molecule has 1 aliphatic rings. The number of carbonyl (C=O) groups is 1. The minimum absolute atomic E-state index is 0.0513. The van der Waals surface area contributed by atoms with Gasteiger partial charge >= 0.3 is 18.2 Å². The predicted octanol–water partition coefficient (Wildman–Crippen LogP) is 3.96. The largest absolute Gasteiger partial charge is 0.492 e. The smallest absolute Gasteiger partial charge is 0.416 e. The van der Waals surface area contributed by atoms with E-state index in [-0.39, 0.29) is 24.9 Å². The fraction of sp³-hybridized carbons (Fsp3) is 0.286. The zero-order valence-electron chi connectivity index (χ0n) is 17.5. The lowest BCUT2D eigenvalue weighted by Gasteiger charge is -2.22. The van der Waals surface area contributed by atoms with Gasteiger partial charge in [-0.05, 0) is 38.4 Å². The highest BCUT2D eigenvalue weighted by Gasteiger charge is 2.31. The number of rotatable bonds is 8. The van der Waals surface area contributed by atoms with E-state index in [0.29, 0.717) is 29.2 Å². The van der Waals surface area contributed by atoms with Crippen molar-refractivity contribution in [1.82, 2.24) is 4.90 Å². The Morgan fingerprint density at radius 3 is 2.69 bits per heavy atom. The number of urea groups is 1. The molecule has 4 N–H and O–H groups in total. The number of amides is 2. The van der Waals surface area contributed by atoms with E-state index in [1.165, 1.54) is 12.3 Å². The minimum atomic E-state index is -4.49. The van der Waals surface area contributed by atoms with Crippen molar-refractivity contribution in [3.63, 3.8) is 0 Å². The molecule has 172 valence electrons. The van der Waals surface area contributed by atoms with E-state index in [0.717, 1.165) is 12.1 Å².